The van der Waals surface area contributed by atoms with E-state index < -0.39 is 5.54 Å². The van der Waals surface area contributed by atoms with Crippen molar-refractivity contribution >= 4 is 21.8 Å². The molecule has 0 aliphatic heterocycles. The number of halogens is 1. The number of nitrogens with two attached hydrogens (primary N) is 1. The molecule has 0 aromatic heterocycles. The molecule has 1 amide bonds. The molecule has 5 nitrogen and oxygen atoms in total. The van der Waals surface area contributed by atoms with Crippen molar-refractivity contribution in [2.75, 3.05) is 13.2 Å². The third-order valence-electron chi connectivity index (χ3n) is 4.95. The van der Waals surface area contributed by atoms with Crippen molar-refractivity contribution in [3.63, 3.8) is 0 Å². The van der Waals surface area contributed by atoms with Crippen LogP contribution in [0.25, 0.3) is 0 Å². The molecular weight excluding hydrogens is 372 g/mol. The van der Waals surface area contributed by atoms with Crippen molar-refractivity contribution in [3.05, 3.63) is 28.7 Å². The Morgan fingerprint density at radius 2 is 2.12 bits per heavy atom. The molecular formula is C18H27BrN2O3. The average Bonchev–Trinajstić information content (AvgIpc) is 2.54. The number of nitrogens with one attached hydrogen (secondary N) is 1. The second-order valence-corrected chi connectivity index (χ2v) is 7.76. The monoisotopic (exact) mass is 398 g/mol. The maximum atomic E-state index is 12.6. The molecule has 3 unspecified atom stereocenters. The van der Waals surface area contributed by atoms with Crippen LogP contribution in [0.2, 0.25) is 0 Å². The fourth-order valence-electron chi connectivity index (χ4n) is 3.01. The van der Waals surface area contributed by atoms with Gasteiger partial charge in [-0.15, -0.1) is 0 Å². The Balaban J connectivity index is 1.88. The molecule has 1 fully saturated rings. The summed E-state index contributed by atoms with van der Waals surface area (Å²) in [6.45, 7) is 8.86. The highest BCUT2D eigenvalue weighted by atomic mass is 79.9. The lowest BCUT2D eigenvalue weighted by Crippen LogP contribution is -2.76. The van der Waals surface area contributed by atoms with Gasteiger partial charge in [-0.25, -0.2) is 0 Å². The summed E-state index contributed by atoms with van der Waals surface area (Å²) in [5.41, 5.74) is 5.08. The summed E-state index contributed by atoms with van der Waals surface area (Å²) in [6.07, 6.45) is 0.397. The summed E-state index contributed by atoms with van der Waals surface area (Å²) in [7, 11) is 0. The summed E-state index contributed by atoms with van der Waals surface area (Å²) < 4.78 is 12.4. The maximum absolute atomic E-state index is 12.6. The van der Waals surface area contributed by atoms with Crippen LogP contribution < -0.4 is 15.8 Å². The average molecular weight is 399 g/mol. The van der Waals surface area contributed by atoms with E-state index in [-0.39, 0.29) is 23.5 Å². The summed E-state index contributed by atoms with van der Waals surface area (Å²) in [6, 6.07) is 7.63. The van der Waals surface area contributed by atoms with E-state index in [0.29, 0.717) is 19.6 Å². The minimum Gasteiger partial charge on any atom is -0.488 e. The Morgan fingerprint density at radius 3 is 2.71 bits per heavy atom. The molecule has 0 radical (unpaired) electrons. The first-order chi connectivity index (χ1) is 11.2. The minimum atomic E-state index is -0.903. The van der Waals surface area contributed by atoms with E-state index >= 15 is 0 Å². The zero-order chi connectivity index (χ0) is 18.0. The lowest BCUT2D eigenvalue weighted by atomic mass is 9.54. The van der Waals surface area contributed by atoms with Gasteiger partial charge < -0.3 is 20.5 Å². The molecule has 134 valence electrons. The molecule has 1 aromatic carbocycles. The van der Waals surface area contributed by atoms with Gasteiger partial charge in [0.1, 0.15) is 17.4 Å². The third-order valence-corrected chi connectivity index (χ3v) is 5.61. The van der Waals surface area contributed by atoms with Crippen LogP contribution in [0.1, 0.15) is 34.1 Å². The number of hydrogen-bond donors (Lipinski definition) is 2. The van der Waals surface area contributed by atoms with Gasteiger partial charge in [0, 0.05) is 18.4 Å². The van der Waals surface area contributed by atoms with Crippen LogP contribution in [0, 0.1) is 5.41 Å². The Labute approximate surface area is 152 Å². The maximum Gasteiger partial charge on any atom is 0.240 e. The van der Waals surface area contributed by atoms with Gasteiger partial charge in [-0.2, -0.15) is 0 Å². The number of para-hydroxylation sites is 1. The molecule has 1 saturated carbocycles. The van der Waals surface area contributed by atoms with Crippen LogP contribution in [0.3, 0.4) is 0 Å². The van der Waals surface area contributed by atoms with Gasteiger partial charge >= 0.3 is 0 Å². The van der Waals surface area contributed by atoms with E-state index in [1.54, 1.807) is 0 Å². The van der Waals surface area contributed by atoms with Gasteiger partial charge in [0.2, 0.25) is 5.91 Å². The number of benzene rings is 1. The van der Waals surface area contributed by atoms with Gasteiger partial charge in [-0.1, -0.05) is 26.0 Å². The number of ether oxygens (including phenoxy) is 2. The molecule has 0 saturated heterocycles. The van der Waals surface area contributed by atoms with Crippen molar-refractivity contribution in [1.29, 1.82) is 0 Å². The summed E-state index contributed by atoms with van der Waals surface area (Å²) in [5.74, 6) is 0.605. The predicted octanol–water partition coefficient (Wildman–Crippen LogP) is 2.87. The lowest BCUT2D eigenvalue weighted by Gasteiger charge is -2.57. The van der Waals surface area contributed by atoms with Gasteiger partial charge in [-0.3, -0.25) is 4.79 Å². The lowest BCUT2D eigenvalue weighted by molar-refractivity contribution is -0.170. The van der Waals surface area contributed by atoms with Crippen LogP contribution in [0.4, 0.5) is 0 Å². The van der Waals surface area contributed by atoms with E-state index in [1.165, 1.54) is 0 Å². The van der Waals surface area contributed by atoms with Crippen LogP contribution in [0.15, 0.2) is 28.7 Å². The number of amides is 1. The first-order valence-electron chi connectivity index (χ1n) is 8.32. The topological polar surface area (TPSA) is 73.6 Å². The van der Waals surface area contributed by atoms with Crippen molar-refractivity contribution in [1.82, 2.24) is 5.32 Å². The first-order valence-corrected chi connectivity index (χ1v) is 9.11. The van der Waals surface area contributed by atoms with E-state index in [2.05, 4.69) is 21.2 Å². The van der Waals surface area contributed by atoms with Gasteiger partial charge in [-0.05, 0) is 41.9 Å². The van der Waals surface area contributed by atoms with Crippen molar-refractivity contribution < 1.29 is 14.3 Å². The number of carbonyl (C=O) groups excluding carboxylic acids is 1. The Hall–Kier alpha value is -1.11. The molecule has 0 spiro atoms. The van der Waals surface area contributed by atoms with Crippen molar-refractivity contribution in [2.24, 2.45) is 11.1 Å². The largest absolute Gasteiger partial charge is 0.488 e. The quantitative estimate of drug-likeness (QED) is 0.740. The Bertz CT molecular complexity index is 593. The van der Waals surface area contributed by atoms with Gasteiger partial charge in [0.15, 0.2) is 0 Å². The van der Waals surface area contributed by atoms with Gasteiger partial charge in [0.25, 0.3) is 0 Å². The molecule has 0 heterocycles. The second-order valence-electron chi connectivity index (χ2n) is 6.91. The van der Waals surface area contributed by atoms with Crippen molar-refractivity contribution in [3.8, 4) is 5.75 Å². The molecule has 3 atom stereocenters. The highest BCUT2D eigenvalue weighted by Gasteiger charge is 2.62. The minimum absolute atomic E-state index is 0.0206. The predicted molar refractivity (Wildman–Crippen MR) is 98.0 cm³/mol. The number of hydrogen-bond acceptors (Lipinski definition) is 4. The standard InChI is InChI=1S/C18H27BrN2O3/c1-5-23-15-10-18(20,17(15,3)4)16(22)21-11-12(2)24-14-9-7-6-8-13(14)19/h6-9,12,15H,5,10-11,20H2,1-4H3,(H,21,22). The molecule has 1 aromatic rings. The fraction of sp³-hybridized carbons (Fsp3) is 0.611. The molecule has 2 rings (SSSR count). The SMILES string of the molecule is CCOC1CC(N)(C(=O)NCC(C)Oc2ccccc2Br)C1(C)C. The summed E-state index contributed by atoms with van der Waals surface area (Å²) >= 11 is 3.45. The van der Waals surface area contributed by atoms with Crippen LogP contribution in [0.5, 0.6) is 5.75 Å². The summed E-state index contributed by atoms with van der Waals surface area (Å²) in [4.78, 5) is 12.6. The van der Waals surface area contributed by atoms with Crippen LogP contribution in [-0.4, -0.2) is 36.8 Å². The molecule has 1 aliphatic rings. The fourth-order valence-corrected chi connectivity index (χ4v) is 3.39. The Morgan fingerprint density at radius 1 is 1.46 bits per heavy atom. The third kappa shape index (κ3) is 3.60. The first kappa shape index (κ1) is 19.2. The molecule has 1 aliphatic carbocycles. The number of carbonyl (C=O) groups is 1. The smallest absolute Gasteiger partial charge is 0.240 e. The van der Waals surface area contributed by atoms with E-state index in [4.69, 9.17) is 15.2 Å². The Kier molecular flexibility index (Phi) is 5.94. The highest BCUT2D eigenvalue weighted by molar-refractivity contribution is 9.10. The van der Waals surface area contributed by atoms with E-state index in [9.17, 15) is 4.79 Å². The number of rotatable bonds is 7. The highest BCUT2D eigenvalue weighted by Crippen LogP contribution is 2.49. The normalized spacial score (nSPS) is 26.3. The van der Waals surface area contributed by atoms with Crippen LogP contribution >= 0.6 is 15.9 Å². The molecule has 3 N–H and O–H groups in total. The molecule has 0 bridgehead atoms. The van der Waals surface area contributed by atoms with E-state index in [0.717, 1.165) is 10.2 Å². The molecule has 6 heteroatoms. The van der Waals surface area contributed by atoms with E-state index in [1.807, 2.05) is 52.0 Å². The second kappa shape index (κ2) is 7.42. The van der Waals surface area contributed by atoms with Crippen LogP contribution in [-0.2, 0) is 9.53 Å². The zero-order valence-electron chi connectivity index (χ0n) is 14.8. The van der Waals surface area contributed by atoms with Crippen molar-refractivity contribution in [2.45, 2.75) is 51.9 Å². The van der Waals surface area contributed by atoms with Gasteiger partial charge in [0.05, 0.1) is 17.1 Å². The summed E-state index contributed by atoms with van der Waals surface area (Å²) in [5, 5.41) is 2.92. The zero-order valence-corrected chi connectivity index (χ0v) is 16.4. The molecule has 24 heavy (non-hydrogen) atoms.